The zero-order valence-electron chi connectivity index (χ0n) is 9.72. The largest absolute Gasteiger partial charge is 0.441 e. The van der Waals surface area contributed by atoms with Crippen molar-refractivity contribution in [3.63, 3.8) is 0 Å². The Kier molecular flexibility index (Phi) is 3.29. The number of halogens is 1. The van der Waals surface area contributed by atoms with Gasteiger partial charge in [-0.2, -0.15) is 0 Å². The Balaban J connectivity index is 2.27. The molecule has 0 aliphatic carbocycles. The minimum atomic E-state index is -0.680. The van der Waals surface area contributed by atoms with Crippen molar-refractivity contribution < 1.29 is 23.8 Å². The first-order valence-corrected chi connectivity index (χ1v) is 5.42. The number of hydrogen-bond donors (Lipinski definition) is 1. The molecule has 2 rings (SSSR count). The lowest BCUT2D eigenvalue weighted by molar-refractivity contribution is 0.0963. The lowest BCUT2D eigenvalue weighted by atomic mass is 10.1. The van der Waals surface area contributed by atoms with Gasteiger partial charge >= 0.3 is 6.09 Å². The van der Waals surface area contributed by atoms with Crippen LogP contribution in [0.5, 0.6) is 0 Å². The molecular formula is C12H12FNO4. The molecule has 0 aromatic heterocycles. The zero-order chi connectivity index (χ0) is 13.3. The standard InChI is InChI=1S/C12H12FNO4/c1-7(16)10-3-2-8(4-11(10)13)14-5-9(6-15)18-12(14)17/h2-4,9,15H,5-6H2,1H3/t9-/m1/s1. The SMILES string of the molecule is CC(=O)c1ccc(N2C[C@H](CO)OC2=O)cc1F. The van der Waals surface area contributed by atoms with Crippen molar-refractivity contribution in [2.75, 3.05) is 18.1 Å². The first-order valence-electron chi connectivity index (χ1n) is 5.42. The number of ether oxygens (including phenoxy) is 1. The summed E-state index contributed by atoms with van der Waals surface area (Å²) in [5, 5.41) is 8.90. The molecule has 0 radical (unpaired) electrons. The second kappa shape index (κ2) is 4.73. The molecule has 1 fully saturated rings. The van der Waals surface area contributed by atoms with Crippen LogP contribution >= 0.6 is 0 Å². The number of benzene rings is 1. The van der Waals surface area contributed by atoms with E-state index in [9.17, 15) is 14.0 Å². The van der Waals surface area contributed by atoms with Crippen LogP contribution in [-0.4, -0.2) is 36.2 Å². The molecule has 1 aliphatic heterocycles. The summed E-state index contributed by atoms with van der Waals surface area (Å²) in [5.41, 5.74) is 0.281. The Hall–Kier alpha value is -1.95. The van der Waals surface area contributed by atoms with Crippen LogP contribution in [0.3, 0.4) is 0 Å². The van der Waals surface area contributed by atoms with Gasteiger partial charge in [0.25, 0.3) is 0 Å². The summed E-state index contributed by atoms with van der Waals surface area (Å²) in [7, 11) is 0. The minimum Gasteiger partial charge on any atom is -0.441 e. The summed E-state index contributed by atoms with van der Waals surface area (Å²) in [5.74, 6) is -1.06. The van der Waals surface area contributed by atoms with Crippen molar-refractivity contribution in [2.45, 2.75) is 13.0 Å². The van der Waals surface area contributed by atoms with Crippen molar-refractivity contribution in [2.24, 2.45) is 0 Å². The summed E-state index contributed by atoms with van der Waals surface area (Å²) < 4.78 is 18.5. The van der Waals surface area contributed by atoms with Crippen molar-refractivity contribution in [1.82, 2.24) is 0 Å². The Morgan fingerprint density at radius 3 is 2.83 bits per heavy atom. The summed E-state index contributed by atoms with van der Waals surface area (Å²) in [4.78, 5) is 23.8. The molecule has 0 saturated carbocycles. The summed E-state index contributed by atoms with van der Waals surface area (Å²) >= 11 is 0. The third-order valence-corrected chi connectivity index (χ3v) is 2.72. The Morgan fingerprint density at radius 1 is 1.61 bits per heavy atom. The number of aliphatic hydroxyl groups excluding tert-OH is 1. The van der Waals surface area contributed by atoms with E-state index in [1.165, 1.54) is 24.0 Å². The van der Waals surface area contributed by atoms with Gasteiger partial charge in [-0.05, 0) is 25.1 Å². The Labute approximate surface area is 103 Å². The van der Waals surface area contributed by atoms with Crippen molar-refractivity contribution in [1.29, 1.82) is 0 Å². The average Bonchev–Trinajstić information content (AvgIpc) is 2.70. The van der Waals surface area contributed by atoms with E-state index in [1.54, 1.807) is 0 Å². The Bertz CT molecular complexity index is 503. The predicted octanol–water partition coefficient (Wildman–Crippen LogP) is 1.35. The number of carbonyl (C=O) groups excluding carboxylic acids is 2. The van der Waals surface area contributed by atoms with Crippen LogP contribution in [0.2, 0.25) is 0 Å². The number of carbonyl (C=O) groups is 2. The van der Waals surface area contributed by atoms with Gasteiger partial charge in [-0.1, -0.05) is 0 Å². The van der Waals surface area contributed by atoms with Crippen LogP contribution in [0, 0.1) is 5.82 Å². The molecular weight excluding hydrogens is 241 g/mol. The molecule has 1 aliphatic rings. The molecule has 18 heavy (non-hydrogen) atoms. The molecule has 1 amide bonds. The van der Waals surface area contributed by atoms with Crippen molar-refractivity contribution in [3.05, 3.63) is 29.6 Å². The van der Waals surface area contributed by atoms with Crippen LogP contribution in [0.25, 0.3) is 0 Å². The maximum Gasteiger partial charge on any atom is 0.414 e. The Morgan fingerprint density at radius 2 is 2.33 bits per heavy atom. The molecule has 96 valence electrons. The van der Waals surface area contributed by atoms with Gasteiger partial charge < -0.3 is 9.84 Å². The van der Waals surface area contributed by atoms with E-state index in [0.29, 0.717) is 5.69 Å². The fraction of sp³-hybridized carbons (Fsp3) is 0.333. The van der Waals surface area contributed by atoms with Gasteiger partial charge in [-0.25, -0.2) is 9.18 Å². The lowest BCUT2D eigenvalue weighted by Crippen LogP contribution is -2.25. The molecule has 1 atom stereocenters. The van der Waals surface area contributed by atoms with Crippen LogP contribution in [0.15, 0.2) is 18.2 Å². The highest BCUT2D eigenvalue weighted by Crippen LogP contribution is 2.24. The number of rotatable bonds is 3. The number of Topliss-reactive ketones (excluding diaryl/α,β-unsaturated/α-hetero) is 1. The van der Waals surface area contributed by atoms with E-state index in [2.05, 4.69) is 0 Å². The van der Waals surface area contributed by atoms with Gasteiger partial charge in [0.15, 0.2) is 5.78 Å². The molecule has 1 heterocycles. The topological polar surface area (TPSA) is 66.8 Å². The summed E-state index contributed by atoms with van der Waals surface area (Å²) in [6, 6.07) is 3.91. The number of nitrogens with zero attached hydrogens (tertiary/aromatic N) is 1. The first kappa shape index (κ1) is 12.5. The number of ketones is 1. The fourth-order valence-corrected chi connectivity index (χ4v) is 1.78. The predicted molar refractivity (Wildman–Crippen MR) is 61.1 cm³/mol. The highest BCUT2D eigenvalue weighted by atomic mass is 19.1. The minimum absolute atomic E-state index is 0.0231. The number of cyclic esters (lactones) is 1. The number of amides is 1. The smallest absolute Gasteiger partial charge is 0.414 e. The highest BCUT2D eigenvalue weighted by molar-refractivity contribution is 5.95. The monoisotopic (exact) mass is 253 g/mol. The van der Waals surface area contributed by atoms with Crippen LogP contribution in [-0.2, 0) is 4.74 Å². The van der Waals surface area contributed by atoms with Gasteiger partial charge in [0, 0.05) is 0 Å². The van der Waals surface area contributed by atoms with Crippen LogP contribution < -0.4 is 4.90 Å². The van der Waals surface area contributed by atoms with E-state index >= 15 is 0 Å². The van der Waals surface area contributed by atoms with Crippen LogP contribution in [0.4, 0.5) is 14.9 Å². The van der Waals surface area contributed by atoms with Crippen LogP contribution in [0.1, 0.15) is 17.3 Å². The quantitative estimate of drug-likeness (QED) is 0.825. The maximum absolute atomic E-state index is 13.6. The summed E-state index contributed by atoms with van der Waals surface area (Å²) in [6.07, 6.45) is -1.24. The summed E-state index contributed by atoms with van der Waals surface area (Å²) in [6.45, 7) is 1.15. The first-order chi connectivity index (χ1) is 8.52. The molecule has 5 nitrogen and oxygen atoms in total. The molecule has 6 heteroatoms. The number of aliphatic hydroxyl groups is 1. The van der Waals surface area contributed by atoms with E-state index < -0.39 is 18.0 Å². The van der Waals surface area contributed by atoms with Gasteiger partial charge in [-0.3, -0.25) is 9.69 Å². The maximum atomic E-state index is 13.6. The average molecular weight is 253 g/mol. The second-order valence-electron chi connectivity index (χ2n) is 4.02. The molecule has 1 N–H and O–H groups in total. The van der Waals surface area contributed by atoms with Crippen molar-refractivity contribution in [3.8, 4) is 0 Å². The van der Waals surface area contributed by atoms with E-state index in [-0.39, 0.29) is 24.5 Å². The van der Waals surface area contributed by atoms with Gasteiger partial charge in [0.1, 0.15) is 11.9 Å². The highest BCUT2D eigenvalue weighted by Gasteiger charge is 2.32. The van der Waals surface area contributed by atoms with Gasteiger partial charge in [0.05, 0.1) is 24.4 Å². The van der Waals surface area contributed by atoms with E-state index in [0.717, 1.165) is 6.07 Å². The molecule has 0 unspecified atom stereocenters. The molecule has 0 spiro atoms. The number of hydrogen-bond acceptors (Lipinski definition) is 4. The normalized spacial score (nSPS) is 18.9. The molecule has 1 aromatic rings. The third kappa shape index (κ3) is 2.19. The fourth-order valence-electron chi connectivity index (χ4n) is 1.78. The third-order valence-electron chi connectivity index (χ3n) is 2.72. The number of anilines is 1. The van der Waals surface area contributed by atoms with E-state index in [1.807, 2.05) is 0 Å². The molecule has 1 saturated heterocycles. The van der Waals surface area contributed by atoms with Crippen molar-refractivity contribution >= 4 is 17.6 Å². The lowest BCUT2D eigenvalue weighted by Gasteiger charge is -2.13. The van der Waals surface area contributed by atoms with Gasteiger partial charge in [0.2, 0.25) is 0 Å². The molecule has 1 aromatic carbocycles. The second-order valence-corrected chi connectivity index (χ2v) is 4.02. The van der Waals surface area contributed by atoms with E-state index in [4.69, 9.17) is 9.84 Å². The zero-order valence-corrected chi connectivity index (χ0v) is 9.72. The molecule has 0 bridgehead atoms. The van der Waals surface area contributed by atoms with Gasteiger partial charge in [-0.15, -0.1) is 0 Å².